The quantitative estimate of drug-likeness (QED) is 0.571. The zero-order valence-electron chi connectivity index (χ0n) is 9.78. The number of nitrogens with two attached hydrogens (primary N) is 1. The third kappa shape index (κ3) is 2.74. The first-order chi connectivity index (χ1) is 7.85. The third-order valence-electron chi connectivity index (χ3n) is 3.06. The van der Waals surface area contributed by atoms with E-state index in [1.54, 1.807) is 0 Å². The van der Waals surface area contributed by atoms with Crippen molar-refractivity contribution in [3.63, 3.8) is 0 Å². The van der Waals surface area contributed by atoms with Gasteiger partial charge >= 0.3 is 0 Å². The second kappa shape index (κ2) is 5.32. The zero-order valence-corrected chi connectivity index (χ0v) is 9.78. The lowest BCUT2D eigenvalue weighted by Gasteiger charge is -2.19. The van der Waals surface area contributed by atoms with Crippen molar-refractivity contribution in [2.75, 3.05) is 6.61 Å². The van der Waals surface area contributed by atoms with Gasteiger partial charge in [-0.2, -0.15) is 0 Å². The molecule has 88 valence electrons. The molecule has 3 heteroatoms. The van der Waals surface area contributed by atoms with E-state index in [9.17, 15) is 0 Å². The molecular weight excluding hydrogens is 200 g/mol. The number of ether oxygens (including phenoxy) is 1. The van der Waals surface area contributed by atoms with Crippen molar-refractivity contribution in [1.29, 1.82) is 0 Å². The molecule has 0 aromatic heterocycles. The Bertz CT molecular complexity index is 336. The lowest BCUT2D eigenvalue weighted by Crippen LogP contribution is -2.28. The van der Waals surface area contributed by atoms with Crippen molar-refractivity contribution >= 4 is 0 Å². The van der Waals surface area contributed by atoms with Gasteiger partial charge < -0.3 is 4.74 Å². The van der Waals surface area contributed by atoms with E-state index in [0.717, 1.165) is 18.1 Å². The highest BCUT2D eigenvalue weighted by atomic mass is 16.5. The van der Waals surface area contributed by atoms with E-state index in [0.29, 0.717) is 6.61 Å². The predicted octanol–water partition coefficient (Wildman–Crippen LogP) is 2.39. The second-order valence-corrected chi connectivity index (χ2v) is 4.37. The molecule has 1 aromatic carbocycles. The Morgan fingerprint density at radius 3 is 2.81 bits per heavy atom. The van der Waals surface area contributed by atoms with Crippen LogP contribution in [-0.4, -0.2) is 6.61 Å². The number of rotatable bonds is 6. The summed E-state index contributed by atoms with van der Waals surface area (Å²) < 4.78 is 5.63. The molecule has 3 nitrogen and oxygen atoms in total. The van der Waals surface area contributed by atoms with Crippen LogP contribution in [0.2, 0.25) is 0 Å². The molecule has 0 amide bonds. The van der Waals surface area contributed by atoms with Crippen LogP contribution in [-0.2, 0) is 0 Å². The van der Waals surface area contributed by atoms with Gasteiger partial charge in [0.2, 0.25) is 0 Å². The first-order valence-corrected chi connectivity index (χ1v) is 6.03. The largest absolute Gasteiger partial charge is 0.494 e. The van der Waals surface area contributed by atoms with Gasteiger partial charge in [-0.25, -0.2) is 0 Å². The number of hydrogen-bond donors (Lipinski definition) is 2. The van der Waals surface area contributed by atoms with Crippen molar-refractivity contribution in [1.82, 2.24) is 5.43 Å². The summed E-state index contributed by atoms with van der Waals surface area (Å²) in [5.41, 5.74) is 4.09. The van der Waals surface area contributed by atoms with E-state index in [4.69, 9.17) is 10.6 Å². The monoisotopic (exact) mass is 220 g/mol. The summed E-state index contributed by atoms with van der Waals surface area (Å²) in [4.78, 5) is 0. The molecule has 0 radical (unpaired) electrons. The van der Waals surface area contributed by atoms with E-state index in [1.165, 1.54) is 18.4 Å². The maximum absolute atomic E-state index is 5.64. The van der Waals surface area contributed by atoms with Gasteiger partial charge in [0.05, 0.1) is 6.61 Å². The van der Waals surface area contributed by atoms with E-state index < -0.39 is 0 Å². The highest BCUT2D eigenvalue weighted by Crippen LogP contribution is 2.39. The predicted molar refractivity (Wildman–Crippen MR) is 65.0 cm³/mol. The van der Waals surface area contributed by atoms with Crippen LogP contribution in [0.25, 0.3) is 0 Å². The normalized spacial score (nSPS) is 17.1. The van der Waals surface area contributed by atoms with Crippen LogP contribution < -0.4 is 16.0 Å². The summed E-state index contributed by atoms with van der Waals surface area (Å²) >= 11 is 0. The van der Waals surface area contributed by atoms with Gasteiger partial charge in [0, 0.05) is 11.6 Å². The fourth-order valence-corrected chi connectivity index (χ4v) is 2.03. The topological polar surface area (TPSA) is 47.3 Å². The number of hydrogen-bond acceptors (Lipinski definition) is 3. The van der Waals surface area contributed by atoms with Crippen molar-refractivity contribution < 1.29 is 4.74 Å². The van der Waals surface area contributed by atoms with Crippen LogP contribution in [0.4, 0.5) is 0 Å². The van der Waals surface area contributed by atoms with E-state index in [-0.39, 0.29) is 6.04 Å². The second-order valence-electron chi connectivity index (χ2n) is 4.37. The van der Waals surface area contributed by atoms with Crippen LogP contribution in [0.15, 0.2) is 24.3 Å². The Balaban J connectivity index is 2.14. The van der Waals surface area contributed by atoms with Crippen LogP contribution in [0, 0.1) is 5.92 Å². The Morgan fingerprint density at radius 1 is 1.44 bits per heavy atom. The van der Waals surface area contributed by atoms with Crippen LogP contribution in [0.3, 0.4) is 0 Å². The molecule has 1 fully saturated rings. The van der Waals surface area contributed by atoms with Crippen molar-refractivity contribution in [2.45, 2.75) is 32.2 Å². The molecule has 0 bridgehead atoms. The molecule has 1 unspecified atom stereocenters. The minimum absolute atomic E-state index is 0.218. The first kappa shape index (κ1) is 11.4. The summed E-state index contributed by atoms with van der Waals surface area (Å²) in [6, 6.07) is 8.36. The van der Waals surface area contributed by atoms with Gasteiger partial charge in [-0.1, -0.05) is 31.0 Å². The SMILES string of the molecule is CCOc1ccccc1C(CC1CC1)NN. The van der Waals surface area contributed by atoms with Crippen molar-refractivity contribution in [3.8, 4) is 5.75 Å². The molecule has 1 aromatic rings. The lowest BCUT2D eigenvalue weighted by molar-refractivity contribution is 0.329. The fraction of sp³-hybridized carbons (Fsp3) is 0.538. The fourth-order valence-electron chi connectivity index (χ4n) is 2.03. The Morgan fingerprint density at radius 2 is 2.19 bits per heavy atom. The van der Waals surface area contributed by atoms with Crippen molar-refractivity contribution in [2.24, 2.45) is 11.8 Å². The Labute approximate surface area is 97.0 Å². The molecule has 16 heavy (non-hydrogen) atoms. The molecule has 2 rings (SSSR count). The zero-order chi connectivity index (χ0) is 11.4. The number of benzene rings is 1. The maximum atomic E-state index is 5.64. The summed E-state index contributed by atoms with van der Waals surface area (Å²) in [6.07, 6.45) is 3.80. The molecule has 0 saturated heterocycles. The van der Waals surface area contributed by atoms with Gasteiger partial charge in [0.1, 0.15) is 5.75 Å². The molecule has 0 heterocycles. The molecule has 1 aliphatic carbocycles. The smallest absolute Gasteiger partial charge is 0.124 e. The minimum Gasteiger partial charge on any atom is -0.494 e. The van der Waals surface area contributed by atoms with Crippen LogP contribution in [0.1, 0.15) is 37.8 Å². The molecule has 1 aliphatic rings. The standard InChI is InChI=1S/C13H20N2O/c1-2-16-13-6-4-3-5-11(13)12(15-14)9-10-7-8-10/h3-6,10,12,15H,2,7-9,14H2,1H3. The highest BCUT2D eigenvalue weighted by molar-refractivity contribution is 5.36. The molecular formula is C13H20N2O. The molecule has 3 N–H and O–H groups in total. The number of hydrazine groups is 1. The summed E-state index contributed by atoms with van der Waals surface area (Å²) in [7, 11) is 0. The maximum Gasteiger partial charge on any atom is 0.124 e. The lowest BCUT2D eigenvalue weighted by atomic mass is 10.0. The summed E-state index contributed by atoms with van der Waals surface area (Å²) in [6.45, 7) is 2.69. The molecule has 1 saturated carbocycles. The van der Waals surface area contributed by atoms with E-state index in [1.807, 2.05) is 25.1 Å². The van der Waals surface area contributed by atoms with Gasteiger partial charge in [-0.15, -0.1) is 0 Å². The molecule has 1 atom stereocenters. The van der Waals surface area contributed by atoms with Crippen LogP contribution >= 0.6 is 0 Å². The van der Waals surface area contributed by atoms with E-state index in [2.05, 4.69) is 11.5 Å². The third-order valence-corrected chi connectivity index (χ3v) is 3.06. The Hall–Kier alpha value is -1.06. The molecule has 0 spiro atoms. The van der Waals surface area contributed by atoms with Gasteiger partial charge in [-0.3, -0.25) is 11.3 Å². The molecule has 0 aliphatic heterocycles. The first-order valence-electron chi connectivity index (χ1n) is 6.03. The summed E-state index contributed by atoms with van der Waals surface area (Å²) in [5, 5.41) is 0. The average Bonchev–Trinajstić information content (AvgIpc) is 3.11. The van der Waals surface area contributed by atoms with Gasteiger partial charge in [-0.05, 0) is 25.3 Å². The van der Waals surface area contributed by atoms with Crippen LogP contribution in [0.5, 0.6) is 5.75 Å². The number of para-hydroxylation sites is 1. The highest BCUT2D eigenvalue weighted by Gasteiger charge is 2.27. The van der Waals surface area contributed by atoms with Gasteiger partial charge in [0.15, 0.2) is 0 Å². The van der Waals surface area contributed by atoms with E-state index >= 15 is 0 Å². The van der Waals surface area contributed by atoms with Crippen molar-refractivity contribution in [3.05, 3.63) is 29.8 Å². The minimum atomic E-state index is 0.218. The Kier molecular flexibility index (Phi) is 3.80. The number of nitrogens with one attached hydrogen (secondary N) is 1. The van der Waals surface area contributed by atoms with Gasteiger partial charge in [0.25, 0.3) is 0 Å². The average molecular weight is 220 g/mol. The summed E-state index contributed by atoms with van der Waals surface area (Å²) in [5.74, 6) is 7.44.